The van der Waals surface area contributed by atoms with Gasteiger partial charge in [0, 0.05) is 16.8 Å². The van der Waals surface area contributed by atoms with Crippen molar-refractivity contribution in [3.63, 3.8) is 0 Å². The Morgan fingerprint density at radius 2 is 1.78 bits per heavy atom. The van der Waals surface area contributed by atoms with Crippen LogP contribution >= 0.6 is 23.8 Å². The molecular weight excluding hydrogens is 442 g/mol. The second-order valence-electron chi connectivity index (χ2n) is 7.38. The summed E-state index contributed by atoms with van der Waals surface area (Å²) in [6.45, 7) is 0. The van der Waals surface area contributed by atoms with Gasteiger partial charge in [0.15, 0.2) is 5.11 Å². The molecule has 2 unspecified atom stereocenters. The van der Waals surface area contributed by atoms with Gasteiger partial charge in [-0.2, -0.15) is 0 Å². The second kappa shape index (κ2) is 8.65. The molecule has 0 saturated carbocycles. The van der Waals surface area contributed by atoms with Crippen molar-refractivity contribution in [1.29, 1.82) is 0 Å². The van der Waals surface area contributed by atoms with Crippen LogP contribution in [0.4, 0.5) is 5.69 Å². The average Bonchev–Trinajstić information content (AvgIpc) is 3.44. The highest BCUT2D eigenvalue weighted by atomic mass is 35.5. The number of rotatable bonds is 5. The van der Waals surface area contributed by atoms with Crippen molar-refractivity contribution < 1.29 is 9.15 Å². The van der Waals surface area contributed by atoms with Crippen molar-refractivity contribution in [1.82, 2.24) is 10.3 Å². The molecule has 5 nitrogen and oxygen atoms in total. The fraction of sp³-hybridized carbons (Fsp3) is 0.120. The van der Waals surface area contributed by atoms with E-state index in [0.717, 1.165) is 34.2 Å². The molecule has 160 valence electrons. The van der Waals surface area contributed by atoms with E-state index in [2.05, 4.69) is 10.3 Å². The van der Waals surface area contributed by atoms with E-state index in [1.807, 2.05) is 83.8 Å². The number of methoxy groups -OCH3 is 1. The Bertz CT molecular complexity index is 1240. The quantitative estimate of drug-likeness (QED) is 0.358. The number of anilines is 1. The lowest BCUT2D eigenvalue weighted by atomic mass is 10.0. The molecule has 32 heavy (non-hydrogen) atoms. The highest BCUT2D eigenvalue weighted by Gasteiger charge is 2.43. The Balaban J connectivity index is 1.61. The van der Waals surface area contributed by atoms with Gasteiger partial charge in [-0.1, -0.05) is 29.8 Å². The molecule has 2 aromatic carbocycles. The molecule has 1 aliphatic rings. The van der Waals surface area contributed by atoms with Gasteiger partial charge >= 0.3 is 0 Å². The van der Waals surface area contributed by atoms with Crippen molar-refractivity contribution in [2.45, 2.75) is 12.1 Å². The van der Waals surface area contributed by atoms with Crippen LogP contribution in [-0.4, -0.2) is 17.2 Å². The summed E-state index contributed by atoms with van der Waals surface area (Å²) < 4.78 is 12.0. The van der Waals surface area contributed by atoms with Crippen LogP contribution < -0.4 is 15.0 Å². The van der Waals surface area contributed by atoms with Gasteiger partial charge in [-0.25, -0.2) is 0 Å². The van der Waals surface area contributed by atoms with Gasteiger partial charge in [-0.05, 0) is 72.9 Å². The van der Waals surface area contributed by atoms with Crippen LogP contribution in [0.3, 0.4) is 0 Å². The van der Waals surface area contributed by atoms with Crippen molar-refractivity contribution in [2.24, 2.45) is 0 Å². The molecule has 0 radical (unpaired) electrons. The van der Waals surface area contributed by atoms with Crippen molar-refractivity contribution in [2.75, 3.05) is 12.0 Å². The summed E-state index contributed by atoms with van der Waals surface area (Å²) in [5.41, 5.74) is 2.69. The summed E-state index contributed by atoms with van der Waals surface area (Å²) in [7, 11) is 1.65. The van der Waals surface area contributed by atoms with Gasteiger partial charge in [0.2, 0.25) is 0 Å². The maximum atomic E-state index is 6.37. The van der Waals surface area contributed by atoms with Crippen molar-refractivity contribution >= 4 is 34.6 Å². The molecule has 1 fully saturated rings. The third-order valence-corrected chi connectivity index (χ3v) is 6.06. The van der Waals surface area contributed by atoms with Crippen LogP contribution in [0.2, 0.25) is 5.02 Å². The van der Waals surface area contributed by atoms with Crippen LogP contribution in [0.25, 0.3) is 11.3 Å². The fourth-order valence-electron chi connectivity index (χ4n) is 4.01. The monoisotopic (exact) mass is 461 g/mol. The molecule has 1 saturated heterocycles. The predicted octanol–water partition coefficient (Wildman–Crippen LogP) is 6.18. The summed E-state index contributed by atoms with van der Waals surface area (Å²) in [4.78, 5) is 6.62. The zero-order valence-corrected chi connectivity index (χ0v) is 18.8. The third-order valence-electron chi connectivity index (χ3n) is 5.49. The zero-order valence-electron chi connectivity index (χ0n) is 17.2. The van der Waals surface area contributed by atoms with Crippen LogP contribution in [0.5, 0.6) is 5.75 Å². The Labute approximate surface area is 196 Å². The maximum absolute atomic E-state index is 6.37. The first-order valence-electron chi connectivity index (χ1n) is 10.1. The van der Waals surface area contributed by atoms with Crippen LogP contribution in [0.15, 0.2) is 89.5 Å². The molecule has 0 aliphatic carbocycles. The fourth-order valence-corrected chi connectivity index (χ4v) is 4.48. The lowest BCUT2D eigenvalue weighted by molar-refractivity contribution is 0.409. The highest BCUT2D eigenvalue weighted by Crippen LogP contribution is 2.45. The summed E-state index contributed by atoms with van der Waals surface area (Å²) in [5, 5.41) is 4.70. The van der Waals surface area contributed by atoms with Crippen LogP contribution in [0, 0.1) is 0 Å². The van der Waals surface area contributed by atoms with E-state index in [4.69, 9.17) is 33.0 Å². The van der Waals surface area contributed by atoms with Gasteiger partial charge in [0.25, 0.3) is 0 Å². The first kappa shape index (κ1) is 20.5. The number of hydrogen-bond donors (Lipinski definition) is 1. The summed E-state index contributed by atoms with van der Waals surface area (Å²) in [6, 6.07) is 24.8. The minimum Gasteiger partial charge on any atom is -0.495 e. The topological polar surface area (TPSA) is 50.5 Å². The predicted molar refractivity (Wildman–Crippen MR) is 130 cm³/mol. The Morgan fingerprint density at radius 3 is 2.53 bits per heavy atom. The van der Waals surface area contributed by atoms with Crippen LogP contribution in [0.1, 0.15) is 23.5 Å². The minimum absolute atomic E-state index is 0.196. The molecule has 1 N–H and O–H groups in total. The first-order valence-corrected chi connectivity index (χ1v) is 10.9. The first-order chi connectivity index (χ1) is 15.7. The van der Waals surface area contributed by atoms with E-state index < -0.39 is 0 Å². The second-order valence-corrected chi connectivity index (χ2v) is 8.20. The van der Waals surface area contributed by atoms with E-state index in [0.29, 0.717) is 10.1 Å². The van der Waals surface area contributed by atoms with Gasteiger partial charge < -0.3 is 19.4 Å². The lowest BCUT2D eigenvalue weighted by Gasteiger charge is -2.27. The number of nitrogens with one attached hydrogen (secondary N) is 1. The third kappa shape index (κ3) is 3.72. The number of aromatic nitrogens is 1. The van der Waals surface area contributed by atoms with Gasteiger partial charge in [-0.15, -0.1) is 0 Å². The average molecular weight is 462 g/mol. The SMILES string of the molecule is COc1ccccc1N1C(=S)NC(c2ccccn2)C1c1ccc(-c2ccc(Cl)cc2)o1. The Hall–Kier alpha value is -3.35. The number of ether oxygens (including phenoxy) is 1. The molecule has 4 aromatic rings. The minimum atomic E-state index is -0.255. The van der Waals surface area contributed by atoms with Crippen molar-refractivity contribution in [3.8, 4) is 17.1 Å². The molecule has 5 rings (SSSR count). The van der Waals surface area contributed by atoms with E-state index in [1.54, 1.807) is 13.3 Å². The molecule has 0 bridgehead atoms. The van der Waals surface area contributed by atoms with Gasteiger partial charge in [0.1, 0.15) is 23.3 Å². The molecule has 0 spiro atoms. The van der Waals surface area contributed by atoms with Gasteiger partial charge in [0.05, 0.1) is 24.5 Å². The summed E-state index contributed by atoms with van der Waals surface area (Å²) in [5.74, 6) is 2.26. The standard InChI is InChI=1S/C25H20ClN3O2S/c1-30-21-8-3-2-7-19(21)29-24(23(28-25(29)32)18-6-4-5-15-27-18)22-14-13-20(31-22)16-9-11-17(26)12-10-16/h2-15,23-24H,1H3,(H,28,32). The number of hydrogen-bond acceptors (Lipinski definition) is 4. The molecule has 2 atom stereocenters. The summed E-state index contributed by atoms with van der Waals surface area (Å²) >= 11 is 11.8. The molecule has 1 aliphatic heterocycles. The molecule has 2 aromatic heterocycles. The smallest absolute Gasteiger partial charge is 0.174 e. The molecule has 3 heterocycles. The number of furan rings is 1. The number of thiocarbonyl (C=S) groups is 1. The largest absolute Gasteiger partial charge is 0.495 e. The number of halogens is 1. The molecule has 7 heteroatoms. The van der Waals surface area contributed by atoms with Crippen LogP contribution in [-0.2, 0) is 0 Å². The van der Waals surface area contributed by atoms with E-state index in [1.165, 1.54) is 0 Å². The number of pyridine rings is 1. The molecular formula is C25H20ClN3O2S. The Kier molecular flexibility index (Phi) is 5.55. The molecule has 0 amide bonds. The highest BCUT2D eigenvalue weighted by molar-refractivity contribution is 7.80. The van der Waals surface area contributed by atoms with Gasteiger partial charge in [-0.3, -0.25) is 4.98 Å². The lowest BCUT2D eigenvalue weighted by Crippen LogP contribution is -2.29. The van der Waals surface area contributed by atoms with Crippen molar-refractivity contribution in [3.05, 3.63) is 102 Å². The normalized spacial score (nSPS) is 17.9. The maximum Gasteiger partial charge on any atom is 0.174 e. The van der Waals surface area contributed by atoms with E-state index in [-0.39, 0.29) is 12.1 Å². The number of para-hydroxylation sites is 2. The summed E-state index contributed by atoms with van der Waals surface area (Å²) in [6.07, 6.45) is 1.78. The van der Waals surface area contributed by atoms with E-state index in [9.17, 15) is 0 Å². The number of benzene rings is 2. The van der Waals surface area contributed by atoms with E-state index >= 15 is 0 Å². The Morgan fingerprint density at radius 1 is 1.00 bits per heavy atom. The zero-order chi connectivity index (χ0) is 22.1. The number of nitrogens with zero attached hydrogens (tertiary/aromatic N) is 2.